The zero-order valence-electron chi connectivity index (χ0n) is 43.7. The minimum absolute atomic E-state index is 0.0530. The van der Waals surface area contributed by atoms with Crippen LogP contribution in [0.2, 0.25) is 0 Å². The number of anilines is 1. The van der Waals surface area contributed by atoms with Crippen LogP contribution in [0, 0.1) is 10.8 Å². The zero-order chi connectivity index (χ0) is 57.0. The van der Waals surface area contributed by atoms with Crippen molar-refractivity contribution in [3.63, 3.8) is 0 Å². The quantitative estimate of drug-likeness (QED) is 0.0128. The lowest BCUT2D eigenvalue weighted by Gasteiger charge is -2.38. The molecular formula is C50H76N16O10. The number of imide groups is 3. The minimum Gasteiger partial charge on any atom is -0.399 e. The molecule has 20 N–H and O–H groups in total. The van der Waals surface area contributed by atoms with Crippen LogP contribution in [0.5, 0.6) is 0 Å². The summed E-state index contributed by atoms with van der Waals surface area (Å²) in [5.74, 6) is -11.9. The number of Topliss-reactive ketones (excluding diaryl/α,β-unsaturated/α-hetero) is 2. The molecule has 0 spiro atoms. The van der Waals surface area contributed by atoms with Crippen molar-refractivity contribution in [3.8, 4) is 0 Å². The van der Waals surface area contributed by atoms with Crippen molar-refractivity contribution in [1.29, 1.82) is 10.8 Å². The van der Waals surface area contributed by atoms with E-state index in [2.05, 4.69) is 31.9 Å². The number of ketones is 2. The number of carbonyl (C=O) groups excluding carboxylic acids is 10. The normalized spacial score (nSPS) is 16.7. The third-order valence-electron chi connectivity index (χ3n) is 12.7. The summed E-state index contributed by atoms with van der Waals surface area (Å²) in [5.41, 5.74) is 32.0. The number of hydrogen-bond donors (Lipinski definition) is 14. The number of nitrogens with two attached hydrogens (primary N) is 6. The molecule has 1 heterocycles. The first-order valence-electron chi connectivity index (χ1n) is 25.1. The number of rotatable bonds is 29. The largest absolute Gasteiger partial charge is 0.399 e. The molecule has 0 radical (unpaired) electrons. The zero-order valence-corrected chi connectivity index (χ0v) is 43.7. The maximum absolute atomic E-state index is 16.1. The Morgan fingerprint density at radius 3 is 1.64 bits per heavy atom. The molecule has 26 nitrogen and oxygen atoms in total. The van der Waals surface area contributed by atoms with Crippen LogP contribution in [0.15, 0.2) is 54.6 Å². The number of benzene rings is 2. The average Bonchev–Trinajstić information content (AvgIpc) is 3.70. The van der Waals surface area contributed by atoms with Gasteiger partial charge in [0.15, 0.2) is 28.9 Å². The molecular weight excluding hydrogens is 985 g/mol. The summed E-state index contributed by atoms with van der Waals surface area (Å²) >= 11 is 0. The second kappa shape index (κ2) is 29.3. The Bertz CT molecular complexity index is 2440. The highest BCUT2D eigenvalue weighted by molar-refractivity contribution is 6.35. The number of aryl methyl sites for hydroxylation is 1. The Kier molecular flexibility index (Phi) is 24.1. The lowest BCUT2D eigenvalue weighted by molar-refractivity contribution is -0.164. The number of guanidine groups is 2. The van der Waals surface area contributed by atoms with Gasteiger partial charge in [-0.25, -0.2) is 4.90 Å². The van der Waals surface area contributed by atoms with Crippen LogP contribution in [-0.4, -0.2) is 149 Å². The summed E-state index contributed by atoms with van der Waals surface area (Å²) in [7, 11) is 0. The molecule has 416 valence electrons. The van der Waals surface area contributed by atoms with Gasteiger partial charge in [-0.3, -0.25) is 58.8 Å². The van der Waals surface area contributed by atoms with E-state index in [9.17, 15) is 24.0 Å². The van der Waals surface area contributed by atoms with Gasteiger partial charge in [0.25, 0.3) is 17.7 Å². The van der Waals surface area contributed by atoms with Crippen molar-refractivity contribution in [2.75, 3.05) is 25.4 Å². The Balaban J connectivity index is 2.31. The van der Waals surface area contributed by atoms with E-state index in [-0.39, 0.29) is 86.2 Å². The molecule has 1 unspecified atom stereocenters. The summed E-state index contributed by atoms with van der Waals surface area (Å²) in [5, 5.41) is 30.0. The number of carbonyl (C=O) groups is 10. The number of amides is 8. The van der Waals surface area contributed by atoms with Crippen molar-refractivity contribution in [1.82, 2.24) is 41.7 Å². The van der Waals surface area contributed by atoms with Crippen molar-refractivity contribution in [3.05, 3.63) is 65.7 Å². The molecule has 0 aromatic heterocycles. The second-order valence-corrected chi connectivity index (χ2v) is 18.9. The van der Waals surface area contributed by atoms with Gasteiger partial charge < -0.3 is 71.2 Å². The summed E-state index contributed by atoms with van der Waals surface area (Å²) in [4.78, 5) is 146. The third-order valence-corrected chi connectivity index (χ3v) is 12.7. The van der Waals surface area contributed by atoms with Crippen LogP contribution in [-0.2, 0) is 59.8 Å². The van der Waals surface area contributed by atoms with Crippen LogP contribution < -0.4 is 66.3 Å². The van der Waals surface area contributed by atoms with Crippen LogP contribution in [0.4, 0.5) is 5.69 Å². The third kappa shape index (κ3) is 17.1. The molecule has 1 aliphatic heterocycles. The monoisotopic (exact) mass is 1060 g/mol. The summed E-state index contributed by atoms with van der Waals surface area (Å²) in [6.07, 6.45) is 0.586. The smallest absolute Gasteiger partial charge is 0.262 e. The molecule has 26 heteroatoms. The standard InChI is InChI=1S/C50H76N16O10/c1-27(51)40(69)63-36(16-11-24-59-48(55)56)42(71)61-29(3)39(68)50(33-19-21-34(53)22-20-33,38(67)18-10-9-15-32-13-7-6-8-14-32)47(76)66(45(74)31(5)65-26-23-35(54)46(65)75)44(73)30(4)62-43(72)37(64-41(70)28(2)52)17-12-25-60-49(57)58/h6-8,13-14,19-22,27-31,35-37H,9-12,15-18,23-26,51-54H2,1-5H3,(H,61,71)(H,62,72)(H,63,69)(H,64,70)(H4,55,56,59)(H4,57,58,60)/t27-,28-,29-,30-,31-,35+,36-,37-,50?/m0/s1. The molecule has 0 saturated carbocycles. The summed E-state index contributed by atoms with van der Waals surface area (Å²) < 4.78 is 0. The van der Waals surface area contributed by atoms with Gasteiger partial charge >= 0.3 is 0 Å². The fraction of sp³-hybridized carbons (Fsp3) is 0.520. The summed E-state index contributed by atoms with van der Waals surface area (Å²) in [6.45, 7) is 6.32. The van der Waals surface area contributed by atoms with E-state index < -0.39 is 119 Å². The first-order chi connectivity index (χ1) is 35.7. The highest BCUT2D eigenvalue weighted by atomic mass is 16.2. The van der Waals surface area contributed by atoms with Crippen molar-refractivity contribution < 1.29 is 47.9 Å². The van der Waals surface area contributed by atoms with Gasteiger partial charge in [0, 0.05) is 31.7 Å². The van der Waals surface area contributed by atoms with Crippen molar-refractivity contribution in [2.45, 2.75) is 146 Å². The van der Waals surface area contributed by atoms with Gasteiger partial charge in [0.1, 0.15) is 24.2 Å². The average molecular weight is 1060 g/mol. The Labute approximate surface area is 441 Å². The molecule has 1 saturated heterocycles. The van der Waals surface area contributed by atoms with Gasteiger partial charge in [-0.05, 0) is 109 Å². The number of nitrogens with zero attached hydrogens (tertiary/aromatic N) is 2. The highest BCUT2D eigenvalue weighted by Gasteiger charge is 2.59. The molecule has 2 aromatic carbocycles. The minimum atomic E-state index is -3.17. The van der Waals surface area contributed by atoms with Gasteiger partial charge in [-0.2, -0.15) is 0 Å². The molecule has 8 amide bonds. The van der Waals surface area contributed by atoms with E-state index in [1.165, 1.54) is 45.0 Å². The predicted molar refractivity (Wildman–Crippen MR) is 282 cm³/mol. The molecule has 1 aliphatic rings. The van der Waals surface area contributed by atoms with Gasteiger partial charge in [0.05, 0.1) is 24.2 Å². The van der Waals surface area contributed by atoms with Crippen molar-refractivity contribution in [2.24, 2.45) is 28.7 Å². The molecule has 1 fully saturated rings. The van der Waals surface area contributed by atoms with E-state index in [1.807, 2.05) is 30.3 Å². The van der Waals surface area contributed by atoms with Crippen LogP contribution >= 0.6 is 0 Å². The lowest BCUT2D eigenvalue weighted by Crippen LogP contribution is -2.67. The van der Waals surface area contributed by atoms with Gasteiger partial charge in [-0.15, -0.1) is 0 Å². The SMILES string of the molecule is C[C@H](N)C(=O)N[C@@H](CCCNC(=N)N)C(=O)N[C@@H](C)C(=O)N(C(=O)[C@H](C)N1CC[C@@H](N)C1=O)C(=O)C(C(=O)CCCCc1ccccc1)(C(=O)[C@H](C)NC(=O)[C@H](CCCNC(=N)N)NC(=O)[C@H](C)N)c1ccc(N)cc1. The van der Waals surface area contributed by atoms with Crippen molar-refractivity contribution >= 4 is 76.4 Å². The van der Waals surface area contributed by atoms with Crippen LogP contribution in [0.1, 0.15) is 97.1 Å². The van der Waals surface area contributed by atoms with Crippen LogP contribution in [0.25, 0.3) is 0 Å². The van der Waals surface area contributed by atoms with E-state index in [4.69, 9.17) is 45.2 Å². The van der Waals surface area contributed by atoms with E-state index in [0.29, 0.717) is 12.8 Å². The summed E-state index contributed by atoms with van der Waals surface area (Å²) in [6, 6.07) is 2.86. The number of unbranched alkanes of at least 4 members (excludes halogenated alkanes) is 1. The highest BCUT2D eigenvalue weighted by Crippen LogP contribution is 2.35. The molecule has 3 rings (SSSR count). The second-order valence-electron chi connectivity index (χ2n) is 18.9. The Morgan fingerprint density at radius 2 is 1.18 bits per heavy atom. The van der Waals surface area contributed by atoms with Crippen LogP contribution in [0.3, 0.4) is 0 Å². The van der Waals surface area contributed by atoms with E-state index in [0.717, 1.165) is 24.3 Å². The van der Waals surface area contributed by atoms with Gasteiger partial charge in [-0.1, -0.05) is 42.5 Å². The van der Waals surface area contributed by atoms with E-state index >= 15 is 24.0 Å². The maximum Gasteiger partial charge on any atom is 0.262 e. The number of nitrogen functional groups attached to an aromatic ring is 1. The number of likely N-dealkylation sites (tertiary alicyclic amines) is 1. The fourth-order valence-corrected chi connectivity index (χ4v) is 8.35. The molecule has 76 heavy (non-hydrogen) atoms. The maximum atomic E-state index is 16.1. The first-order valence-corrected chi connectivity index (χ1v) is 25.1. The molecule has 2 aromatic rings. The fourth-order valence-electron chi connectivity index (χ4n) is 8.35. The molecule has 0 aliphatic carbocycles. The molecule has 0 bridgehead atoms. The van der Waals surface area contributed by atoms with Gasteiger partial charge in [0.2, 0.25) is 29.5 Å². The Morgan fingerprint density at radius 1 is 0.684 bits per heavy atom. The Hall–Kier alpha value is -7.84. The topological polar surface area (TPSA) is 453 Å². The van der Waals surface area contributed by atoms with E-state index in [1.54, 1.807) is 0 Å². The lowest BCUT2D eigenvalue weighted by atomic mass is 9.68. The number of hydrogen-bond acceptors (Lipinski definition) is 16. The predicted octanol–water partition coefficient (Wildman–Crippen LogP) is -2.91. The number of nitrogens with one attached hydrogen (secondary N) is 8. The molecule has 9 atom stereocenters. The first kappa shape index (κ1) is 62.5.